The molecule has 70 valence electrons. The normalized spacial score (nSPS) is 13.9. The SMILES string of the molecule is C#CC(CCC)NCC(C)(C)O. The van der Waals surface area contributed by atoms with E-state index in [4.69, 9.17) is 6.42 Å². The Labute approximate surface area is 75.4 Å². The summed E-state index contributed by atoms with van der Waals surface area (Å²) in [5.41, 5.74) is -0.678. The lowest BCUT2D eigenvalue weighted by Crippen LogP contribution is -2.39. The van der Waals surface area contributed by atoms with E-state index in [9.17, 15) is 5.11 Å². The zero-order valence-corrected chi connectivity index (χ0v) is 8.22. The zero-order valence-electron chi connectivity index (χ0n) is 8.22. The van der Waals surface area contributed by atoms with Gasteiger partial charge in [-0.1, -0.05) is 19.3 Å². The van der Waals surface area contributed by atoms with Gasteiger partial charge in [0.1, 0.15) is 0 Å². The van der Waals surface area contributed by atoms with Crippen molar-refractivity contribution in [3.8, 4) is 12.3 Å². The number of rotatable bonds is 5. The van der Waals surface area contributed by atoms with Gasteiger partial charge in [-0.15, -0.1) is 6.42 Å². The monoisotopic (exact) mass is 169 g/mol. The number of hydrogen-bond donors (Lipinski definition) is 2. The molecule has 0 rings (SSSR count). The van der Waals surface area contributed by atoms with Crippen molar-refractivity contribution in [3.05, 3.63) is 0 Å². The minimum atomic E-state index is -0.678. The summed E-state index contributed by atoms with van der Waals surface area (Å²) in [7, 11) is 0. The Morgan fingerprint density at radius 2 is 2.17 bits per heavy atom. The maximum atomic E-state index is 9.40. The molecule has 0 radical (unpaired) electrons. The predicted molar refractivity (Wildman–Crippen MR) is 51.8 cm³/mol. The van der Waals surface area contributed by atoms with Crippen molar-refractivity contribution in [1.29, 1.82) is 0 Å². The summed E-state index contributed by atoms with van der Waals surface area (Å²) in [5, 5.41) is 12.5. The maximum Gasteiger partial charge on any atom is 0.0716 e. The molecule has 0 bridgehead atoms. The van der Waals surface area contributed by atoms with E-state index in [1.54, 1.807) is 13.8 Å². The van der Waals surface area contributed by atoms with Crippen molar-refractivity contribution in [1.82, 2.24) is 5.32 Å². The molecule has 0 saturated heterocycles. The van der Waals surface area contributed by atoms with Gasteiger partial charge in [-0.3, -0.25) is 0 Å². The van der Waals surface area contributed by atoms with Crippen LogP contribution in [0.4, 0.5) is 0 Å². The Balaban J connectivity index is 3.67. The molecule has 2 N–H and O–H groups in total. The van der Waals surface area contributed by atoms with Gasteiger partial charge in [-0.2, -0.15) is 0 Å². The van der Waals surface area contributed by atoms with Crippen molar-refractivity contribution < 1.29 is 5.11 Å². The fourth-order valence-corrected chi connectivity index (χ4v) is 0.906. The molecule has 1 atom stereocenters. The van der Waals surface area contributed by atoms with Crippen LogP contribution in [0.3, 0.4) is 0 Å². The molecule has 0 aliphatic heterocycles. The van der Waals surface area contributed by atoms with Crippen LogP contribution < -0.4 is 5.32 Å². The molecule has 1 unspecified atom stereocenters. The third-order valence-electron chi connectivity index (χ3n) is 1.56. The summed E-state index contributed by atoms with van der Waals surface area (Å²) in [5.74, 6) is 2.65. The standard InChI is InChI=1S/C10H19NO/c1-5-7-9(6-2)11-8-10(3,4)12/h2,9,11-12H,5,7-8H2,1,3-4H3. The minimum absolute atomic E-state index is 0.0985. The summed E-state index contributed by atoms with van der Waals surface area (Å²) in [6, 6.07) is 0.0985. The van der Waals surface area contributed by atoms with E-state index in [0.717, 1.165) is 12.8 Å². The fraction of sp³-hybridized carbons (Fsp3) is 0.800. The second-order valence-corrected chi connectivity index (χ2v) is 3.70. The summed E-state index contributed by atoms with van der Waals surface area (Å²) in [6.45, 7) is 6.16. The summed E-state index contributed by atoms with van der Waals surface area (Å²) < 4.78 is 0. The summed E-state index contributed by atoms with van der Waals surface area (Å²) in [4.78, 5) is 0. The number of terminal acetylenes is 1. The molecule has 0 aromatic rings. The zero-order chi connectivity index (χ0) is 9.61. The van der Waals surface area contributed by atoms with Crippen LogP contribution in [0.1, 0.15) is 33.6 Å². The molecule has 0 fully saturated rings. The maximum absolute atomic E-state index is 9.40. The average molecular weight is 169 g/mol. The van der Waals surface area contributed by atoms with Gasteiger partial charge < -0.3 is 10.4 Å². The summed E-state index contributed by atoms with van der Waals surface area (Å²) in [6.07, 6.45) is 7.32. The van der Waals surface area contributed by atoms with E-state index in [1.807, 2.05) is 0 Å². The van der Waals surface area contributed by atoms with E-state index in [2.05, 4.69) is 18.2 Å². The second kappa shape index (κ2) is 5.18. The van der Waals surface area contributed by atoms with Crippen molar-refractivity contribution in [2.75, 3.05) is 6.54 Å². The largest absolute Gasteiger partial charge is 0.389 e. The smallest absolute Gasteiger partial charge is 0.0716 e. The van der Waals surface area contributed by atoms with Crippen LogP contribution in [0.5, 0.6) is 0 Å². The van der Waals surface area contributed by atoms with Gasteiger partial charge in [0.15, 0.2) is 0 Å². The molecule has 2 nitrogen and oxygen atoms in total. The molecule has 0 aliphatic carbocycles. The lowest BCUT2D eigenvalue weighted by molar-refractivity contribution is 0.0780. The highest BCUT2D eigenvalue weighted by molar-refractivity contribution is 4.98. The molecular formula is C10H19NO. The fourth-order valence-electron chi connectivity index (χ4n) is 0.906. The molecule has 12 heavy (non-hydrogen) atoms. The Morgan fingerprint density at radius 1 is 1.58 bits per heavy atom. The van der Waals surface area contributed by atoms with Gasteiger partial charge in [-0.05, 0) is 20.3 Å². The number of nitrogens with one attached hydrogen (secondary N) is 1. The lowest BCUT2D eigenvalue weighted by Gasteiger charge is -2.20. The quantitative estimate of drug-likeness (QED) is 0.605. The highest BCUT2D eigenvalue weighted by Crippen LogP contribution is 2.00. The number of aliphatic hydroxyl groups is 1. The van der Waals surface area contributed by atoms with Gasteiger partial charge in [-0.25, -0.2) is 0 Å². The average Bonchev–Trinajstić information content (AvgIpc) is 1.96. The van der Waals surface area contributed by atoms with Crippen LogP contribution in [0.2, 0.25) is 0 Å². The van der Waals surface area contributed by atoms with Gasteiger partial charge >= 0.3 is 0 Å². The first-order valence-electron chi connectivity index (χ1n) is 4.41. The molecule has 0 aromatic carbocycles. The van der Waals surface area contributed by atoms with Gasteiger partial charge in [0, 0.05) is 6.54 Å². The van der Waals surface area contributed by atoms with Gasteiger partial charge in [0.25, 0.3) is 0 Å². The molecule has 0 saturated carbocycles. The molecule has 0 spiro atoms. The van der Waals surface area contributed by atoms with E-state index >= 15 is 0 Å². The van der Waals surface area contributed by atoms with E-state index in [1.165, 1.54) is 0 Å². The van der Waals surface area contributed by atoms with Gasteiger partial charge in [0.05, 0.1) is 11.6 Å². The highest BCUT2D eigenvalue weighted by atomic mass is 16.3. The predicted octanol–water partition coefficient (Wildman–Crippen LogP) is 1.15. The first-order valence-corrected chi connectivity index (χ1v) is 4.41. The summed E-state index contributed by atoms with van der Waals surface area (Å²) >= 11 is 0. The van der Waals surface area contributed by atoms with Crippen LogP contribution in [0.15, 0.2) is 0 Å². The second-order valence-electron chi connectivity index (χ2n) is 3.70. The minimum Gasteiger partial charge on any atom is -0.389 e. The Bertz CT molecular complexity index is 152. The highest BCUT2D eigenvalue weighted by Gasteiger charge is 2.13. The molecule has 2 heteroatoms. The van der Waals surface area contributed by atoms with Crippen molar-refractivity contribution in [2.24, 2.45) is 0 Å². The van der Waals surface area contributed by atoms with Crippen LogP contribution in [0.25, 0.3) is 0 Å². The van der Waals surface area contributed by atoms with Crippen LogP contribution in [-0.2, 0) is 0 Å². The molecule has 0 aromatic heterocycles. The Morgan fingerprint density at radius 3 is 2.50 bits per heavy atom. The van der Waals surface area contributed by atoms with Crippen molar-refractivity contribution in [3.63, 3.8) is 0 Å². The van der Waals surface area contributed by atoms with Crippen molar-refractivity contribution >= 4 is 0 Å². The molecule has 0 amide bonds. The molecule has 0 heterocycles. The third-order valence-corrected chi connectivity index (χ3v) is 1.56. The van der Waals surface area contributed by atoms with E-state index in [0.29, 0.717) is 6.54 Å². The van der Waals surface area contributed by atoms with Gasteiger partial charge in [0.2, 0.25) is 0 Å². The van der Waals surface area contributed by atoms with Crippen molar-refractivity contribution in [2.45, 2.75) is 45.3 Å². The number of hydrogen-bond acceptors (Lipinski definition) is 2. The Hall–Kier alpha value is -0.520. The molecule has 0 aliphatic rings. The van der Waals surface area contributed by atoms with Crippen LogP contribution in [-0.4, -0.2) is 23.3 Å². The third kappa shape index (κ3) is 6.21. The topological polar surface area (TPSA) is 32.3 Å². The Kier molecular flexibility index (Phi) is 4.96. The van der Waals surface area contributed by atoms with Crippen LogP contribution >= 0.6 is 0 Å². The first kappa shape index (κ1) is 11.5. The van der Waals surface area contributed by atoms with Crippen LogP contribution in [0, 0.1) is 12.3 Å². The van der Waals surface area contributed by atoms with E-state index < -0.39 is 5.60 Å². The van der Waals surface area contributed by atoms with E-state index in [-0.39, 0.29) is 6.04 Å². The molecular weight excluding hydrogens is 150 g/mol. The lowest BCUT2D eigenvalue weighted by atomic mass is 10.1. The first-order chi connectivity index (χ1) is 5.49.